The average molecular weight is 207 g/mol. The Kier molecular flexibility index (Phi) is 4.87. The van der Waals surface area contributed by atoms with Crippen molar-refractivity contribution in [3.8, 4) is 0 Å². The monoisotopic (exact) mass is 207 g/mol. The molecule has 5 heteroatoms. The van der Waals surface area contributed by atoms with Gasteiger partial charge in [0, 0.05) is 6.54 Å². The van der Waals surface area contributed by atoms with Gasteiger partial charge in [-0.25, -0.2) is 0 Å². The molecule has 0 saturated carbocycles. The third-order valence-corrected chi connectivity index (χ3v) is 3.89. The minimum atomic E-state index is -0.395. The molecule has 0 aromatic rings. The molecule has 0 aliphatic carbocycles. The lowest BCUT2D eigenvalue weighted by Gasteiger charge is -2.01. The number of unbranched alkanes of at least 4 members (excludes halogenated alkanes) is 1. The molecule has 1 aliphatic rings. The van der Waals surface area contributed by atoms with Gasteiger partial charge in [-0.3, -0.25) is 4.79 Å². The third-order valence-electron chi connectivity index (χ3n) is 1.56. The van der Waals surface area contributed by atoms with Crippen LogP contribution >= 0.6 is 21.6 Å². The van der Waals surface area contributed by atoms with Crippen LogP contribution in [0.5, 0.6) is 0 Å². The van der Waals surface area contributed by atoms with Gasteiger partial charge in [-0.2, -0.15) is 0 Å². The molecule has 0 aromatic heterocycles. The summed E-state index contributed by atoms with van der Waals surface area (Å²) in [6.07, 6.45) is 3.42. The van der Waals surface area contributed by atoms with Crippen molar-refractivity contribution in [2.75, 3.05) is 13.2 Å². The lowest BCUT2D eigenvalue weighted by Crippen LogP contribution is -2.27. The lowest BCUT2D eigenvalue weighted by molar-refractivity contribution is -0.123. The molecular weight excluding hydrogens is 194 g/mol. The summed E-state index contributed by atoms with van der Waals surface area (Å²) in [7, 11) is 3.85. The molecule has 3 nitrogen and oxygen atoms in total. The second kappa shape index (κ2) is 5.72. The number of hydrogen-bond acceptors (Lipinski definition) is 4. The Balaban J connectivity index is 1.78. The highest BCUT2D eigenvalue weighted by atomic mass is 33.2. The predicted molar refractivity (Wildman–Crippen MR) is 52.9 cm³/mol. The molecule has 70 valence electrons. The van der Waals surface area contributed by atoms with Crippen molar-refractivity contribution in [2.24, 2.45) is 0 Å². The first kappa shape index (κ1) is 10.2. The van der Waals surface area contributed by atoms with E-state index in [0.717, 1.165) is 17.4 Å². The van der Waals surface area contributed by atoms with E-state index in [9.17, 15) is 4.79 Å². The fraction of sp³-hybridized carbons (Fsp3) is 0.857. The maximum Gasteiger partial charge on any atom is 0.245 e. The van der Waals surface area contributed by atoms with Gasteiger partial charge in [0.25, 0.3) is 0 Å². The number of rotatable bonds is 6. The maximum atomic E-state index is 10.6. The van der Waals surface area contributed by atoms with Crippen LogP contribution in [0.4, 0.5) is 0 Å². The largest absolute Gasteiger partial charge is 0.387 e. The van der Waals surface area contributed by atoms with Crippen molar-refractivity contribution in [3.05, 3.63) is 0 Å². The summed E-state index contributed by atoms with van der Waals surface area (Å²) in [6, 6.07) is 0. The lowest BCUT2D eigenvalue weighted by atomic mass is 10.2. The van der Waals surface area contributed by atoms with Crippen LogP contribution in [0.3, 0.4) is 0 Å². The molecule has 1 aliphatic heterocycles. The van der Waals surface area contributed by atoms with E-state index >= 15 is 0 Å². The highest BCUT2D eigenvalue weighted by Crippen LogP contribution is 2.55. The first-order valence-corrected chi connectivity index (χ1v) is 6.30. The molecule has 0 bridgehead atoms. The highest BCUT2D eigenvalue weighted by Gasteiger charge is 2.22. The van der Waals surface area contributed by atoms with Gasteiger partial charge in [0.05, 0.1) is 4.58 Å². The Hall–Kier alpha value is 0.130. The fourth-order valence-corrected chi connectivity index (χ4v) is 2.27. The van der Waals surface area contributed by atoms with Gasteiger partial charge in [-0.05, 0) is 19.3 Å². The summed E-state index contributed by atoms with van der Waals surface area (Å²) < 4.78 is 0.818. The van der Waals surface area contributed by atoms with Gasteiger partial charge in [0.15, 0.2) is 0 Å². The van der Waals surface area contributed by atoms with Crippen LogP contribution in [0.15, 0.2) is 0 Å². The summed E-state index contributed by atoms with van der Waals surface area (Å²) in [5.74, 6) is -0.273. The van der Waals surface area contributed by atoms with Crippen LogP contribution in [0.25, 0.3) is 0 Å². The number of hydrogen-bond donors (Lipinski definition) is 2. The zero-order valence-corrected chi connectivity index (χ0v) is 8.42. The van der Waals surface area contributed by atoms with E-state index in [1.54, 1.807) is 0 Å². The Morgan fingerprint density at radius 2 is 2.17 bits per heavy atom. The summed E-state index contributed by atoms with van der Waals surface area (Å²) in [5.41, 5.74) is 0. The van der Waals surface area contributed by atoms with Crippen LogP contribution in [0.2, 0.25) is 0 Å². The van der Waals surface area contributed by atoms with Gasteiger partial charge in [0.2, 0.25) is 5.91 Å². The zero-order chi connectivity index (χ0) is 8.81. The molecule has 0 unspecified atom stereocenters. The summed E-state index contributed by atoms with van der Waals surface area (Å²) in [4.78, 5) is 10.6. The van der Waals surface area contributed by atoms with E-state index in [4.69, 9.17) is 5.11 Å². The van der Waals surface area contributed by atoms with E-state index in [1.165, 1.54) is 6.42 Å². The van der Waals surface area contributed by atoms with Crippen LogP contribution in [0, 0.1) is 0 Å². The molecule has 1 heterocycles. The van der Waals surface area contributed by atoms with Gasteiger partial charge >= 0.3 is 0 Å². The van der Waals surface area contributed by atoms with E-state index in [1.807, 2.05) is 21.6 Å². The molecule has 0 radical (unpaired) electrons. The molecule has 2 N–H and O–H groups in total. The van der Waals surface area contributed by atoms with Gasteiger partial charge in [-0.15, -0.1) is 0 Å². The average Bonchev–Trinajstić information content (AvgIpc) is 2.87. The summed E-state index contributed by atoms with van der Waals surface area (Å²) in [6.45, 7) is 0.301. The van der Waals surface area contributed by atoms with Crippen molar-refractivity contribution in [3.63, 3.8) is 0 Å². The Bertz CT molecular complexity index is 150. The quantitative estimate of drug-likeness (QED) is 0.387. The fourth-order valence-electron chi connectivity index (χ4n) is 0.855. The smallest absolute Gasteiger partial charge is 0.245 e. The number of carbonyl (C=O) groups excluding carboxylic acids is 1. The summed E-state index contributed by atoms with van der Waals surface area (Å²) >= 11 is 0. The second-order valence-corrected chi connectivity index (χ2v) is 5.60. The van der Waals surface area contributed by atoms with Crippen molar-refractivity contribution in [1.82, 2.24) is 5.32 Å². The van der Waals surface area contributed by atoms with Crippen molar-refractivity contribution >= 4 is 27.5 Å². The number of carbonyl (C=O) groups is 1. The first-order chi connectivity index (χ1) is 5.83. The molecule has 1 fully saturated rings. The molecule has 0 aromatic carbocycles. The standard InChI is InChI=1S/C7H13NO2S2/c9-5-6(10)8-4-2-1-3-7-11-12-7/h7,9H,1-5H2,(H,8,10). The van der Waals surface area contributed by atoms with E-state index in [0.29, 0.717) is 6.54 Å². The van der Waals surface area contributed by atoms with Crippen LogP contribution in [-0.2, 0) is 4.79 Å². The Labute approximate surface area is 80.1 Å². The van der Waals surface area contributed by atoms with Crippen LogP contribution in [-0.4, -0.2) is 28.7 Å². The number of aliphatic hydroxyl groups is 1. The van der Waals surface area contributed by atoms with Crippen molar-refractivity contribution in [2.45, 2.75) is 23.8 Å². The van der Waals surface area contributed by atoms with Gasteiger partial charge in [0.1, 0.15) is 6.61 Å². The molecule has 1 saturated heterocycles. The second-order valence-electron chi connectivity index (χ2n) is 2.63. The van der Waals surface area contributed by atoms with Crippen LogP contribution < -0.4 is 5.32 Å². The molecule has 12 heavy (non-hydrogen) atoms. The third kappa shape index (κ3) is 4.90. The molecular formula is C7H13NO2S2. The van der Waals surface area contributed by atoms with Crippen molar-refractivity contribution in [1.29, 1.82) is 0 Å². The topological polar surface area (TPSA) is 49.3 Å². The normalized spacial score (nSPS) is 16.1. The Morgan fingerprint density at radius 1 is 1.42 bits per heavy atom. The Morgan fingerprint density at radius 3 is 2.75 bits per heavy atom. The van der Waals surface area contributed by atoms with E-state index < -0.39 is 6.61 Å². The van der Waals surface area contributed by atoms with E-state index in [-0.39, 0.29) is 5.91 Å². The first-order valence-electron chi connectivity index (χ1n) is 4.02. The van der Waals surface area contributed by atoms with Crippen LogP contribution in [0.1, 0.15) is 19.3 Å². The zero-order valence-electron chi connectivity index (χ0n) is 6.78. The molecule has 0 atom stereocenters. The maximum absolute atomic E-state index is 10.6. The number of aliphatic hydroxyl groups excluding tert-OH is 1. The van der Waals surface area contributed by atoms with Gasteiger partial charge < -0.3 is 10.4 Å². The van der Waals surface area contributed by atoms with E-state index in [2.05, 4.69) is 5.32 Å². The minimum Gasteiger partial charge on any atom is -0.387 e. The highest BCUT2D eigenvalue weighted by molar-refractivity contribution is 8.92. The number of nitrogens with one attached hydrogen (secondary N) is 1. The molecule has 1 amide bonds. The van der Waals surface area contributed by atoms with Gasteiger partial charge in [-0.1, -0.05) is 21.6 Å². The number of amides is 1. The molecule has 1 rings (SSSR count). The predicted octanol–water partition coefficient (Wildman–Crippen LogP) is 0.986. The SMILES string of the molecule is O=C(CO)NCCCCC1SS1. The molecule has 0 spiro atoms. The van der Waals surface area contributed by atoms with Crippen molar-refractivity contribution < 1.29 is 9.90 Å². The summed E-state index contributed by atoms with van der Waals surface area (Å²) in [5, 5.41) is 11.0. The minimum absolute atomic E-state index is 0.273.